The zero-order valence-corrected chi connectivity index (χ0v) is 26.4. The molecule has 1 aliphatic carbocycles. The average molecular weight is 601 g/mol. The predicted octanol–water partition coefficient (Wildman–Crippen LogP) is 9.10. The molecule has 0 fully saturated rings. The summed E-state index contributed by atoms with van der Waals surface area (Å²) in [5, 5.41) is 3.62. The van der Waals surface area contributed by atoms with Gasteiger partial charge < -0.3 is 16.4 Å². The Bertz CT molecular complexity index is 1940. The minimum Gasteiger partial charge on any atom is -0.322 e. The van der Waals surface area contributed by atoms with Gasteiger partial charge in [0, 0.05) is 34.5 Å². The molecule has 5 aromatic carbocycles. The third-order valence-corrected chi connectivity index (χ3v) is 9.53. The molecule has 0 saturated carbocycles. The Labute approximate surface area is 272 Å². The van der Waals surface area contributed by atoms with Crippen molar-refractivity contribution in [3.63, 3.8) is 0 Å². The number of para-hydroxylation sites is 1. The molecule has 2 unspecified atom stereocenters. The molecule has 4 nitrogen and oxygen atoms in total. The van der Waals surface area contributed by atoms with Crippen LogP contribution in [0.25, 0.3) is 11.1 Å². The van der Waals surface area contributed by atoms with Crippen LogP contribution in [-0.2, 0) is 5.41 Å². The molecule has 5 aromatic rings. The number of nitrogens with zero attached hydrogens (tertiary/aromatic N) is 1. The summed E-state index contributed by atoms with van der Waals surface area (Å²) in [6, 6.07) is 45.7. The van der Waals surface area contributed by atoms with E-state index in [1.807, 2.05) is 48.5 Å². The maximum absolute atomic E-state index is 7.06. The van der Waals surface area contributed by atoms with Crippen LogP contribution in [0, 0.1) is 0 Å². The molecule has 0 amide bonds. The Morgan fingerprint density at radius 3 is 1.93 bits per heavy atom. The monoisotopic (exact) mass is 600 g/mol. The van der Waals surface area contributed by atoms with Crippen LogP contribution in [-0.4, -0.2) is 0 Å². The van der Waals surface area contributed by atoms with Crippen molar-refractivity contribution in [2.75, 3.05) is 4.90 Å². The number of fused-ring (bicyclic) bond motifs is 4. The fraction of sp³-hybridized carbons (Fsp3) is 0.143. The van der Waals surface area contributed by atoms with Gasteiger partial charge in [0.05, 0.1) is 17.9 Å². The van der Waals surface area contributed by atoms with Gasteiger partial charge in [0.1, 0.15) is 0 Å². The van der Waals surface area contributed by atoms with Crippen molar-refractivity contribution in [2.24, 2.45) is 11.5 Å². The van der Waals surface area contributed by atoms with E-state index in [2.05, 4.69) is 128 Å². The molecule has 46 heavy (non-hydrogen) atoms. The van der Waals surface area contributed by atoms with Crippen molar-refractivity contribution in [2.45, 2.75) is 37.5 Å². The predicted molar refractivity (Wildman–Crippen MR) is 192 cm³/mol. The zero-order valence-electron chi connectivity index (χ0n) is 26.4. The van der Waals surface area contributed by atoms with E-state index in [-0.39, 0.29) is 23.7 Å². The Balaban J connectivity index is 1.28. The minimum atomic E-state index is -0.366. The molecule has 5 N–H and O–H groups in total. The van der Waals surface area contributed by atoms with Gasteiger partial charge in [-0.05, 0) is 57.2 Å². The summed E-state index contributed by atoms with van der Waals surface area (Å²) in [7, 11) is 0. The lowest BCUT2D eigenvalue weighted by atomic mass is 9.80. The van der Waals surface area contributed by atoms with Gasteiger partial charge in [0.15, 0.2) is 0 Å². The van der Waals surface area contributed by atoms with Gasteiger partial charge in [-0.1, -0.05) is 142 Å². The third-order valence-electron chi connectivity index (χ3n) is 9.53. The van der Waals surface area contributed by atoms with E-state index in [9.17, 15) is 0 Å². The van der Waals surface area contributed by atoms with E-state index in [4.69, 9.17) is 11.5 Å². The minimum absolute atomic E-state index is 0.139. The number of rotatable bonds is 7. The largest absolute Gasteiger partial charge is 0.322 e. The Hall–Kier alpha value is -5.00. The molecule has 4 heteroatoms. The normalized spacial score (nSPS) is 19.2. The van der Waals surface area contributed by atoms with Crippen LogP contribution in [0.4, 0.5) is 11.4 Å². The SMILES string of the molecule is C=C1/C=C2\C(=C/N(c3ccc([C@@H](N)C(NC(N)c4ccccc4)c4ccccc4)cc3)c3ccccc31)c1ccccc1C2(C)C. The van der Waals surface area contributed by atoms with E-state index in [0.29, 0.717) is 0 Å². The molecule has 0 aromatic heterocycles. The number of benzene rings is 5. The maximum Gasteiger partial charge on any atom is 0.0815 e. The molecule has 0 bridgehead atoms. The van der Waals surface area contributed by atoms with Gasteiger partial charge in [-0.15, -0.1) is 0 Å². The highest BCUT2D eigenvalue weighted by atomic mass is 15.1. The standard InChI is InChI=1S/C42H40N4/c1-28-26-37-35(34-19-10-12-20-36(34)42(37,2)3)27-46(38-21-13-11-18-33(28)38)32-24-22-29(23-25-32)39(43)40(30-14-6-4-7-15-30)45-41(44)31-16-8-5-9-17-31/h4-27,39-41,45H,1,43-44H2,2-3H3/b35-27-,37-26+/t39-,40?,41?/m1/s1. The lowest BCUT2D eigenvalue weighted by Gasteiger charge is -2.31. The lowest BCUT2D eigenvalue weighted by molar-refractivity contribution is 0.398. The van der Waals surface area contributed by atoms with Crippen LogP contribution in [0.15, 0.2) is 158 Å². The van der Waals surface area contributed by atoms with E-state index in [1.54, 1.807) is 0 Å². The van der Waals surface area contributed by atoms with Crippen molar-refractivity contribution in [3.8, 4) is 0 Å². The molecule has 2 aliphatic rings. The topological polar surface area (TPSA) is 67.3 Å². The van der Waals surface area contributed by atoms with Crippen molar-refractivity contribution in [1.82, 2.24) is 5.32 Å². The first kappa shape index (κ1) is 29.7. The van der Waals surface area contributed by atoms with Crippen LogP contribution in [0.1, 0.15) is 65.5 Å². The molecule has 228 valence electrons. The average Bonchev–Trinajstić information content (AvgIpc) is 3.30. The fourth-order valence-corrected chi connectivity index (χ4v) is 6.97. The Morgan fingerprint density at radius 1 is 0.652 bits per heavy atom. The Morgan fingerprint density at radius 2 is 1.24 bits per heavy atom. The molecule has 0 spiro atoms. The molecule has 3 atom stereocenters. The number of nitrogens with two attached hydrogens (primary N) is 2. The molecule has 0 saturated heterocycles. The highest BCUT2D eigenvalue weighted by Gasteiger charge is 2.39. The fourth-order valence-electron chi connectivity index (χ4n) is 6.97. The van der Waals surface area contributed by atoms with E-state index in [0.717, 1.165) is 39.2 Å². The summed E-state index contributed by atoms with van der Waals surface area (Å²) in [5.41, 5.74) is 26.1. The molecule has 0 radical (unpaired) electrons. The van der Waals surface area contributed by atoms with Crippen LogP contribution in [0.2, 0.25) is 0 Å². The second-order valence-corrected chi connectivity index (χ2v) is 12.7. The van der Waals surface area contributed by atoms with Crippen LogP contribution < -0.4 is 21.7 Å². The van der Waals surface area contributed by atoms with Crippen molar-refractivity contribution in [3.05, 3.63) is 191 Å². The van der Waals surface area contributed by atoms with Crippen LogP contribution in [0.5, 0.6) is 0 Å². The highest BCUT2D eigenvalue weighted by Crippen LogP contribution is 2.52. The number of anilines is 2. The summed E-state index contributed by atoms with van der Waals surface area (Å²) in [6.07, 6.45) is 4.21. The Kier molecular flexibility index (Phi) is 7.79. The summed E-state index contributed by atoms with van der Waals surface area (Å²) < 4.78 is 0. The summed E-state index contributed by atoms with van der Waals surface area (Å²) in [6.45, 7) is 9.15. The number of hydrogen-bond donors (Lipinski definition) is 3. The molecule has 1 aliphatic heterocycles. The second kappa shape index (κ2) is 12.1. The van der Waals surface area contributed by atoms with Crippen LogP contribution in [0.3, 0.4) is 0 Å². The summed E-state index contributed by atoms with van der Waals surface area (Å²) in [5.74, 6) is 0. The summed E-state index contributed by atoms with van der Waals surface area (Å²) >= 11 is 0. The van der Waals surface area contributed by atoms with Crippen LogP contribution >= 0.6 is 0 Å². The lowest BCUT2D eigenvalue weighted by Crippen LogP contribution is -2.38. The van der Waals surface area contributed by atoms with Crippen molar-refractivity contribution in [1.29, 1.82) is 0 Å². The van der Waals surface area contributed by atoms with Crippen molar-refractivity contribution < 1.29 is 0 Å². The number of nitrogens with one attached hydrogen (secondary N) is 1. The third kappa shape index (κ3) is 5.31. The molecule has 1 heterocycles. The van der Waals surface area contributed by atoms with Gasteiger partial charge in [0.2, 0.25) is 0 Å². The van der Waals surface area contributed by atoms with Gasteiger partial charge >= 0.3 is 0 Å². The van der Waals surface area contributed by atoms with Gasteiger partial charge in [0.25, 0.3) is 0 Å². The molecular weight excluding hydrogens is 560 g/mol. The summed E-state index contributed by atoms with van der Waals surface area (Å²) in [4.78, 5) is 2.30. The first-order valence-electron chi connectivity index (χ1n) is 15.9. The van der Waals surface area contributed by atoms with E-state index < -0.39 is 0 Å². The van der Waals surface area contributed by atoms with Gasteiger partial charge in [-0.3, -0.25) is 5.32 Å². The van der Waals surface area contributed by atoms with Crippen molar-refractivity contribution >= 4 is 22.5 Å². The second-order valence-electron chi connectivity index (χ2n) is 12.7. The zero-order chi connectivity index (χ0) is 31.8. The quantitative estimate of drug-likeness (QED) is 0.163. The smallest absolute Gasteiger partial charge is 0.0815 e. The first-order chi connectivity index (χ1) is 22.3. The highest BCUT2D eigenvalue weighted by molar-refractivity contribution is 5.98. The number of hydrogen-bond acceptors (Lipinski definition) is 4. The van der Waals surface area contributed by atoms with Gasteiger partial charge in [-0.2, -0.15) is 0 Å². The molecular formula is C42H40N4. The maximum atomic E-state index is 7.06. The van der Waals surface area contributed by atoms with Gasteiger partial charge in [-0.25, -0.2) is 0 Å². The molecule has 7 rings (SSSR count). The van der Waals surface area contributed by atoms with E-state index in [1.165, 1.54) is 22.3 Å². The number of allylic oxidation sites excluding steroid dienone is 4. The van der Waals surface area contributed by atoms with E-state index >= 15 is 0 Å². The first-order valence-corrected chi connectivity index (χ1v) is 15.9.